The second kappa shape index (κ2) is 6.89. The van der Waals surface area contributed by atoms with E-state index in [1.165, 1.54) is 29.1 Å². The van der Waals surface area contributed by atoms with Gasteiger partial charge in [-0.1, -0.05) is 6.07 Å². The fraction of sp³-hybridized carbons (Fsp3) is 0.500. The molecule has 0 bridgehead atoms. The van der Waals surface area contributed by atoms with Crippen LogP contribution in [0.5, 0.6) is 0 Å². The molecule has 0 radical (unpaired) electrons. The number of hydrogen-bond donors (Lipinski definition) is 1. The Morgan fingerprint density at radius 2 is 2.18 bits per heavy atom. The summed E-state index contributed by atoms with van der Waals surface area (Å²) in [5.41, 5.74) is 0.828. The standard InChI is InChI=1S/C16H21N3OS2/c1-11-15(22-12(2)18-11)16(20)17-10-13(14-6-5-9-21-14)19-7-3-4-8-19/h5-6,9,13H,3-4,7-8,10H2,1-2H3,(H,17,20). The Morgan fingerprint density at radius 3 is 2.77 bits per heavy atom. The number of likely N-dealkylation sites (tertiary alicyclic amines) is 1. The number of thiazole rings is 1. The van der Waals surface area contributed by atoms with Crippen LogP contribution in [0, 0.1) is 13.8 Å². The van der Waals surface area contributed by atoms with Gasteiger partial charge in [0.15, 0.2) is 0 Å². The van der Waals surface area contributed by atoms with Crippen molar-refractivity contribution in [3.63, 3.8) is 0 Å². The van der Waals surface area contributed by atoms with Crippen molar-refractivity contribution in [2.45, 2.75) is 32.7 Å². The molecule has 1 aliphatic rings. The second-order valence-electron chi connectivity index (χ2n) is 5.63. The van der Waals surface area contributed by atoms with Gasteiger partial charge >= 0.3 is 0 Å². The zero-order valence-electron chi connectivity index (χ0n) is 13.0. The summed E-state index contributed by atoms with van der Waals surface area (Å²) >= 11 is 3.24. The normalized spacial score (nSPS) is 16.8. The van der Waals surface area contributed by atoms with Gasteiger partial charge < -0.3 is 5.32 Å². The molecular weight excluding hydrogens is 314 g/mol. The van der Waals surface area contributed by atoms with Gasteiger partial charge in [0.2, 0.25) is 0 Å². The SMILES string of the molecule is Cc1nc(C)c(C(=O)NCC(c2cccs2)N2CCCC2)s1. The van der Waals surface area contributed by atoms with Crippen LogP contribution in [-0.4, -0.2) is 35.4 Å². The van der Waals surface area contributed by atoms with Crippen LogP contribution in [0.1, 0.15) is 44.1 Å². The van der Waals surface area contributed by atoms with Crippen molar-refractivity contribution in [1.29, 1.82) is 0 Å². The van der Waals surface area contributed by atoms with Crippen LogP contribution in [0.25, 0.3) is 0 Å². The summed E-state index contributed by atoms with van der Waals surface area (Å²) in [5.74, 6) is 0.00357. The maximum atomic E-state index is 12.4. The van der Waals surface area contributed by atoms with Crippen LogP contribution < -0.4 is 5.32 Å². The molecule has 1 amide bonds. The maximum Gasteiger partial charge on any atom is 0.263 e. The molecule has 118 valence electrons. The summed E-state index contributed by atoms with van der Waals surface area (Å²) in [4.78, 5) is 21.3. The first-order chi connectivity index (χ1) is 10.6. The van der Waals surface area contributed by atoms with Crippen molar-refractivity contribution >= 4 is 28.6 Å². The molecule has 2 aromatic rings. The van der Waals surface area contributed by atoms with Crippen molar-refractivity contribution in [1.82, 2.24) is 15.2 Å². The first-order valence-electron chi connectivity index (χ1n) is 7.65. The van der Waals surface area contributed by atoms with Crippen molar-refractivity contribution in [3.8, 4) is 0 Å². The highest BCUT2D eigenvalue weighted by Gasteiger charge is 2.25. The number of carbonyl (C=O) groups excluding carboxylic acids is 1. The van der Waals surface area contributed by atoms with Gasteiger partial charge in [-0.05, 0) is 51.2 Å². The van der Waals surface area contributed by atoms with Crippen molar-refractivity contribution in [2.75, 3.05) is 19.6 Å². The quantitative estimate of drug-likeness (QED) is 0.911. The van der Waals surface area contributed by atoms with Crippen LogP contribution in [-0.2, 0) is 0 Å². The lowest BCUT2D eigenvalue weighted by Crippen LogP contribution is -2.36. The smallest absolute Gasteiger partial charge is 0.263 e. The van der Waals surface area contributed by atoms with Gasteiger partial charge in [-0.2, -0.15) is 0 Å². The molecule has 22 heavy (non-hydrogen) atoms. The molecule has 0 saturated carbocycles. The van der Waals surface area contributed by atoms with E-state index in [0.717, 1.165) is 28.7 Å². The molecule has 1 atom stereocenters. The van der Waals surface area contributed by atoms with Gasteiger partial charge in [0.25, 0.3) is 5.91 Å². The third kappa shape index (κ3) is 3.39. The number of hydrogen-bond acceptors (Lipinski definition) is 5. The number of carbonyl (C=O) groups is 1. The van der Waals surface area contributed by atoms with Crippen LogP contribution in [0.3, 0.4) is 0 Å². The fourth-order valence-corrected chi connectivity index (χ4v) is 4.65. The third-order valence-electron chi connectivity index (χ3n) is 4.02. The molecule has 1 N–H and O–H groups in total. The van der Waals surface area contributed by atoms with E-state index in [-0.39, 0.29) is 5.91 Å². The molecule has 4 nitrogen and oxygen atoms in total. The Hall–Kier alpha value is -1.24. The minimum Gasteiger partial charge on any atom is -0.349 e. The molecule has 3 rings (SSSR count). The average molecular weight is 335 g/mol. The topological polar surface area (TPSA) is 45.2 Å². The predicted octanol–water partition coefficient (Wildman–Crippen LogP) is 3.39. The van der Waals surface area contributed by atoms with Gasteiger partial charge in [0.05, 0.1) is 16.7 Å². The summed E-state index contributed by atoms with van der Waals surface area (Å²) in [7, 11) is 0. The van der Waals surface area contributed by atoms with E-state index < -0.39 is 0 Å². The lowest BCUT2D eigenvalue weighted by Gasteiger charge is -2.26. The second-order valence-corrected chi connectivity index (χ2v) is 7.81. The number of rotatable bonds is 5. The molecule has 0 spiro atoms. The summed E-state index contributed by atoms with van der Waals surface area (Å²) in [6.45, 7) is 6.74. The van der Waals surface area contributed by atoms with Crippen LogP contribution in [0.15, 0.2) is 17.5 Å². The van der Waals surface area contributed by atoms with Crippen molar-refractivity contribution in [3.05, 3.63) is 38.0 Å². The fourth-order valence-electron chi connectivity index (χ4n) is 2.96. The molecular formula is C16H21N3OS2. The number of nitrogens with one attached hydrogen (secondary N) is 1. The predicted molar refractivity (Wildman–Crippen MR) is 91.8 cm³/mol. The number of nitrogens with zero attached hydrogens (tertiary/aromatic N) is 2. The number of thiophene rings is 1. The first-order valence-corrected chi connectivity index (χ1v) is 9.34. The van der Waals surface area contributed by atoms with E-state index in [9.17, 15) is 4.79 Å². The zero-order valence-corrected chi connectivity index (χ0v) is 14.6. The Bertz CT molecular complexity index is 630. The molecule has 1 saturated heterocycles. The largest absolute Gasteiger partial charge is 0.349 e. The minimum atomic E-state index is 0.00357. The maximum absolute atomic E-state index is 12.4. The first kappa shape index (κ1) is 15.6. The summed E-state index contributed by atoms with van der Waals surface area (Å²) < 4.78 is 0. The average Bonchev–Trinajstić information content (AvgIpc) is 3.21. The summed E-state index contributed by atoms with van der Waals surface area (Å²) in [5, 5.41) is 6.16. The van der Waals surface area contributed by atoms with E-state index in [4.69, 9.17) is 0 Å². The molecule has 1 fully saturated rings. The van der Waals surface area contributed by atoms with E-state index in [1.54, 1.807) is 11.3 Å². The highest BCUT2D eigenvalue weighted by molar-refractivity contribution is 7.13. The van der Waals surface area contributed by atoms with Gasteiger partial charge in [-0.3, -0.25) is 9.69 Å². The molecule has 1 aliphatic heterocycles. The number of amides is 1. The Kier molecular flexibility index (Phi) is 4.90. The van der Waals surface area contributed by atoms with Crippen molar-refractivity contribution < 1.29 is 4.79 Å². The van der Waals surface area contributed by atoms with E-state index in [2.05, 4.69) is 32.7 Å². The Labute approximate surface area is 139 Å². The van der Waals surface area contributed by atoms with Crippen LogP contribution in [0.4, 0.5) is 0 Å². The van der Waals surface area contributed by atoms with Crippen molar-refractivity contribution in [2.24, 2.45) is 0 Å². The summed E-state index contributed by atoms with van der Waals surface area (Å²) in [6, 6.07) is 4.55. The Morgan fingerprint density at radius 1 is 1.41 bits per heavy atom. The molecule has 1 unspecified atom stereocenters. The van der Waals surface area contributed by atoms with Gasteiger partial charge in [0.1, 0.15) is 4.88 Å². The summed E-state index contributed by atoms with van der Waals surface area (Å²) in [6.07, 6.45) is 2.51. The van der Waals surface area contributed by atoms with E-state index >= 15 is 0 Å². The highest BCUT2D eigenvalue weighted by Crippen LogP contribution is 2.28. The Balaban J connectivity index is 1.68. The molecule has 6 heteroatoms. The zero-order chi connectivity index (χ0) is 15.5. The minimum absolute atomic E-state index is 0.00357. The van der Waals surface area contributed by atoms with Gasteiger partial charge in [0, 0.05) is 11.4 Å². The van der Waals surface area contributed by atoms with Crippen LogP contribution in [0.2, 0.25) is 0 Å². The lowest BCUT2D eigenvalue weighted by molar-refractivity contribution is 0.0941. The molecule has 2 aromatic heterocycles. The number of aryl methyl sites for hydroxylation is 2. The monoisotopic (exact) mass is 335 g/mol. The molecule has 0 aliphatic carbocycles. The molecule has 0 aromatic carbocycles. The number of aromatic nitrogens is 1. The van der Waals surface area contributed by atoms with E-state index in [1.807, 2.05) is 13.8 Å². The third-order valence-corrected chi connectivity index (χ3v) is 6.06. The van der Waals surface area contributed by atoms with Gasteiger partial charge in [-0.15, -0.1) is 22.7 Å². The highest BCUT2D eigenvalue weighted by atomic mass is 32.1. The van der Waals surface area contributed by atoms with Crippen LogP contribution >= 0.6 is 22.7 Å². The van der Waals surface area contributed by atoms with Gasteiger partial charge in [-0.25, -0.2) is 4.98 Å². The van der Waals surface area contributed by atoms with E-state index in [0.29, 0.717) is 12.6 Å². The molecule has 3 heterocycles. The lowest BCUT2D eigenvalue weighted by atomic mass is 10.2.